The number of sulfonamides is 1. The Kier molecular flexibility index (Phi) is 12.2. The molecular formula is C39H61N7O7S. The van der Waals surface area contributed by atoms with Gasteiger partial charge in [-0.15, -0.1) is 0 Å². The van der Waals surface area contributed by atoms with E-state index in [9.17, 15) is 32.4 Å². The molecule has 1 unspecified atom stereocenters. The number of likely N-dealkylation sites (tertiary alicyclic amines) is 1. The molecule has 4 aliphatic rings. The van der Waals surface area contributed by atoms with Gasteiger partial charge >= 0.3 is 6.03 Å². The van der Waals surface area contributed by atoms with Gasteiger partial charge in [0.25, 0.3) is 5.91 Å². The molecule has 14 nitrogen and oxygen atoms in total. The van der Waals surface area contributed by atoms with Crippen molar-refractivity contribution in [3.8, 4) is 0 Å². The molecular weight excluding hydrogens is 711 g/mol. The molecule has 1 aromatic heterocycles. The van der Waals surface area contributed by atoms with Gasteiger partial charge in [0.1, 0.15) is 17.0 Å². The second-order valence-corrected chi connectivity index (χ2v) is 20.1. The minimum absolute atomic E-state index is 0.00218. The number of rotatable bonds is 15. The van der Waals surface area contributed by atoms with E-state index in [1.54, 1.807) is 11.0 Å². The van der Waals surface area contributed by atoms with Crippen LogP contribution in [0.1, 0.15) is 106 Å². The number of carbonyl (C=O) groups excluding carboxylic acids is 5. The Labute approximate surface area is 320 Å². The van der Waals surface area contributed by atoms with E-state index in [0.717, 1.165) is 32.1 Å². The fraction of sp³-hybridized carbons (Fsp3) is 0.744. The third-order valence-corrected chi connectivity index (χ3v) is 14.3. The van der Waals surface area contributed by atoms with Gasteiger partial charge in [0.2, 0.25) is 27.6 Å². The lowest BCUT2D eigenvalue weighted by Crippen LogP contribution is -2.63. The first kappa shape index (κ1) is 41.6. The maximum Gasteiger partial charge on any atom is 0.315 e. The monoisotopic (exact) mass is 771 g/mol. The number of aromatic nitrogens is 1. The average Bonchev–Trinajstić information content (AvgIpc) is 3.97. The number of carbonyl (C=O) groups is 5. The molecule has 3 aliphatic carbocycles. The van der Waals surface area contributed by atoms with Crippen LogP contribution >= 0.6 is 0 Å². The molecule has 1 saturated heterocycles. The summed E-state index contributed by atoms with van der Waals surface area (Å²) < 4.78 is 27.9. The number of pyridine rings is 1. The molecule has 1 aromatic rings. The molecule has 2 heterocycles. The van der Waals surface area contributed by atoms with Crippen molar-refractivity contribution in [2.75, 3.05) is 20.1 Å². The Morgan fingerprint density at radius 2 is 1.69 bits per heavy atom. The predicted octanol–water partition coefficient (Wildman–Crippen LogP) is 3.37. The Balaban J connectivity index is 1.37. The smallest absolute Gasteiger partial charge is 0.315 e. The van der Waals surface area contributed by atoms with Crippen LogP contribution in [0.2, 0.25) is 0 Å². The van der Waals surface area contributed by atoms with Crippen molar-refractivity contribution in [3.05, 3.63) is 24.5 Å². The quantitative estimate of drug-likeness (QED) is 0.196. The summed E-state index contributed by atoms with van der Waals surface area (Å²) in [5.41, 5.74) is -1.38. The highest BCUT2D eigenvalue weighted by atomic mass is 32.2. The minimum Gasteiger partial charge on any atom is -0.347 e. The summed E-state index contributed by atoms with van der Waals surface area (Å²) >= 11 is 0. The Bertz CT molecular complexity index is 1690. The molecule has 54 heavy (non-hydrogen) atoms. The fourth-order valence-electron chi connectivity index (χ4n) is 8.52. The standard InChI is InChI=1S/C39H61N7O7S/c1-9-14-27(31(47)34(49)41-24-16-17-24)42-33(48)30-29-26(38(29,5)6)22-46(30)35(50)32(39(7)18-11-10-12-19-39)44-36(51)43-28(37(2,3)4)23-45(8)54(52,53)25-15-13-20-40-21-25/h13,15,20-21,24,26-30,32H,9-12,14,16-19,22-23H2,1-8H3,(H,41,49)(H,42,48)(H2,43,44,51)/t26-,27?,28+,29-,30-,32+/m0/s1. The van der Waals surface area contributed by atoms with Crippen LogP contribution < -0.4 is 21.3 Å². The van der Waals surface area contributed by atoms with Crippen molar-refractivity contribution in [1.82, 2.24) is 35.5 Å². The highest BCUT2D eigenvalue weighted by Gasteiger charge is 2.70. The zero-order valence-corrected chi connectivity index (χ0v) is 34.1. The van der Waals surface area contributed by atoms with Gasteiger partial charge in [-0.05, 0) is 72.3 Å². The Morgan fingerprint density at radius 3 is 2.26 bits per heavy atom. The maximum atomic E-state index is 14.9. The number of nitrogens with zero attached hydrogens (tertiary/aromatic N) is 3. The van der Waals surface area contributed by atoms with E-state index in [-0.39, 0.29) is 47.1 Å². The molecule has 6 atom stereocenters. The number of likely N-dealkylation sites (N-methyl/N-ethyl adjacent to an activating group) is 1. The SMILES string of the molecule is CCCC(NC(=O)[C@@H]1[C@@H]2[C@H](CN1C(=O)[C@@H](NC(=O)N[C@H](CN(C)S(=O)(=O)c1cccnc1)C(C)(C)C)C1(C)CCCCC1)C2(C)C)C(=O)C(=O)NC1CC1. The zero-order valence-electron chi connectivity index (χ0n) is 33.2. The molecule has 5 rings (SSSR count). The Hall–Kier alpha value is -3.59. The van der Waals surface area contributed by atoms with Crippen LogP contribution in [0.5, 0.6) is 0 Å². The summed E-state index contributed by atoms with van der Waals surface area (Å²) in [6.45, 7) is 14.1. The molecule has 5 amide bonds. The minimum atomic E-state index is -3.90. The van der Waals surface area contributed by atoms with E-state index in [2.05, 4.69) is 40.1 Å². The van der Waals surface area contributed by atoms with Crippen LogP contribution in [0, 0.1) is 28.1 Å². The van der Waals surface area contributed by atoms with Gasteiger partial charge in [0, 0.05) is 44.6 Å². The van der Waals surface area contributed by atoms with E-state index in [4.69, 9.17) is 0 Å². The summed E-state index contributed by atoms with van der Waals surface area (Å²) in [6.07, 6.45) is 9.48. The molecule has 1 aliphatic heterocycles. The van der Waals surface area contributed by atoms with Gasteiger partial charge in [-0.2, -0.15) is 4.31 Å². The summed E-state index contributed by atoms with van der Waals surface area (Å²) in [5.74, 6) is -2.28. The molecule has 0 bridgehead atoms. The number of nitrogens with one attached hydrogen (secondary N) is 4. The Morgan fingerprint density at radius 1 is 1.02 bits per heavy atom. The maximum absolute atomic E-state index is 14.9. The third kappa shape index (κ3) is 8.93. The second-order valence-electron chi connectivity index (χ2n) is 18.0. The van der Waals surface area contributed by atoms with Crippen LogP contribution in [0.3, 0.4) is 0 Å². The first-order valence-corrected chi connectivity index (χ1v) is 21.1. The predicted molar refractivity (Wildman–Crippen MR) is 203 cm³/mol. The number of hydrogen-bond acceptors (Lipinski definition) is 8. The van der Waals surface area contributed by atoms with E-state index < -0.39 is 68.6 Å². The van der Waals surface area contributed by atoms with Gasteiger partial charge < -0.3 is 26.2 Å². The largest absolute Gasteiger partial charge is 0.347 e. The van der Waals surface area contributed by atoms with Crippen molar-refractivity contribution >= 4 is 39.6 Å². The van der Waals surface area contributed by atoms with Crippen LogP contribution in [0.25, 0.3) is 0 Å². The first-order valence-electron chi connectivity index (χ1n) is 19.6. The van der Waals surface area contributed by atoms with E-state index in [1.807, 2.05) is 34.6 Å². The number of ketones is 1. The van der Waals surface area contributed by atoms with Crippen molar-refractivity contribution < 1.29 is 32.4 Å². The first-order chi connectivity index (χ1) is 25.2. The van der Waals surface area contributed by atoms with Gasteiger partial charge in [0.15, 0.2) is 0 Å². The summed E-state index contributed by atoms with van der Waals surface area (Å²) in [5, 5.41) is 11.6. The third-order valence-electron chi connectivity index (χ3n) is 12.5. The summed E-state index contributed by atoms with van der Waals surface area (Å²) in [6, 6.07) is -1.08. The average molecular weight is 772 g/mol. The molecule has 0 radical (unpaired) electrons. The van der Waals surface area contributed by atoms with Crippen molar-refractivity contribution in [1.29, 1.82) is 0 Å². The molecule has 0 aromatic carbocycles. The highest BCUT2D eigenvalue weighted by Crippen LogP contribution is 2.65. The molecule has 15 heteroatoms. The fourth-order valence-corrected chi connectivity index (χ4v) is 9.67. The van der Waals surface area contributed by atoms with Crippen LogP contribution in [-0.2, 0) is 29.2 Å². The summed E-state index contributed by atoms with van der Waals surface area (Å²) in [4.78, 5) is 74.6. The van der Waals surface area contributed by atoms with Crippen LogP contribution in [0.15, 0.2) is 29.4 Å². The van der Waals surface area contributed by atoms with Crippen molar-refractivity contribution in [2.45, 2.75) is 141 Å². The summed E-state index contributed by atoms with van der Waals surface area (Å²) in [7, 11) is -2.44. The normalized spacial score (nSPS) is 24.8. The van der Waals surface area contributed by atoms with Crippen molar-refractivity contribution in [3.63, 3.8) is 0 Å². The second kappa shape index (κ2) is 15.9. The molecule has 4 fully saturated rings. The molecule has 4 N–H and O–H groups in total. The number of fused-ring (bicyclic) bond motifs is 1. The lowest BCUT2D eigenvalue weighted by atomic mass is 9.70. The lowest BCUT2D eigenvalue weighted by Gasteiger charge is -2.43. The molecule has 0 spiro atoms. The number of Topliss-reactive ketones (excluding diaryl/α,β-unsaturated/α-hetero) is 1. The zero-order chi connectivity index (χ0) is 39.8. The number of amides is 5. The number of urea groups is 1. The van der Waals surface area contributed by atoms with Gasteiger partial charge in [-0.25, -0.2) is 13.2 Å². The number of piperidine rings is 1. The van der Waals surface area contributed by atoms with Gasteiger partial charge in [0.05, 0.1) is 6.04 Å². The van der Waals surface area contributed by atoms with Crippen molar-refractivity contribution in [2.24, 2.45) is 28.1 Å². The topological polar surface area (TPSA) is 187 Å². The lowest BCUT2D eigenvalue weighted by molar-refractivity contribution is -0.146. The van der Waals surface area contributed by atoms with Crippen LogP contribution in [-0.4, -0.2) is 102 Å². The van der Waals surface area contributed by atoms with Crippen LogP contribution in [0.4, 0.5) is 4.79 Å². The van der Waals surface area contributed by atoms with E-state index >= 15 is 0 Å². The highest BCUT2D eigenvalue weighted by molar-refractivity contribution is 7.89. The van der Waals surface area contributed by atoms with E-state index in [0.29, 0.717) is 25.8 Å². The van der Waals surface area contributed by atoms with Gasteiger partial charge in [-0.3, -0.25) is 24.2 Å². The molecule has 300 valence electrons. The van der Waals surface area contributed by atoms with E-state index in [1.165, 1.54) is 29.8 Å². The number of hydrogen-bond donors (Lipinski definition) is 4. The van der Waals surface area contributed by atoms with Gasteiger partial charge in [-0.1, -0.05) is 74.1 Å². The molecule has 3 saturated carbocycles.